The van der Waals surface area contributed by atoms with Gasteiger partial charge in [0.25, 0.3) is 5.91 Å². The first-order chi connectivity index (χ1) is 12.5. The van der Waals surface area contributed by atoms with Gasteiger partial charge in [-0.25, -0.2) is 4.79 Å². The third kappa shape index (κ3) is 3.95. The van der Waals surface area contributed by atoms with Crippen LogP contribution in [0.5, 0.6) is 0 Å². The maximum Gasteiger partial charge on any atom is 0.325 e. The Hall–Kier alpha value is -2.08. The molecule has 1 aliphatic heterocycles. The zero-order valence-electron chi connectivity index (χ0n) is 16.2. The van der Waals surface area contributed by atoms with Gasteiger partial charge in [-0.1, -0.05) is 38.4 Å². The summed E-state index contributed by atoms with van der Waals surface area (Å²) in [5, 5.41) is 6.12. The Morgan fingerprint density at radius 3 is 2.67 bits per heavy atom. The number of nitrogens with zero attached hydrogens (tertiary/aromatic N) is 1. The molecule has 1 aromatic rings. The molecule has 1 spiro atoms. The monoisotopic (exact) mass is 391 g/mol. The summed E-state index contributed by atoms with van der Waals surface area (Å²) >= 11 is 6.07. The van der Waals surface area contributed by atoms with Crippen molar-refractivity contribution in [1.29, 1.82) is 0 Å². The van der Waals surface area contributed by atoms with Crippen LogP contribution in [0, 0.1) is 18.3 Å². The summed E-state index contributed by atoms with van der Waals surface area (Å²) in [6.07, 6.45) is 2.19. The molecule has 1 aromatic carbocycles. The molecule has 2 unspecified atom stereocenters. The fourth-order valence-electron chi connectivity index (χ4n) is 4.66. The summed E-state index contributed by atoms with van der Waals surface area (Å²) in [6.45, 7) is 7.87. The fourth-order valence-corrected chi connectivity index (χ4v) is 4.84. The van der Waals surface area contributed by atoms with Crippen molar-refractivity contribution < 1.29 is 14.4 Å². The van der Waals surface area contributed by atoms with E-state index >= 15 is 0 Å². The summed E-state index contributed by atoms with van der Waals surface area (Å²) in [4.78, 5) is 38.9. The van der Waals surface area contributed by atoms with Crippen molar-refractivity contribution in [3.63, 3.8) is 0 Å². The second-order valence-electron chi connectivity index (χ2n) is 8.77. The molecule has 1 saturated carbocycles. The minimum absolute atomic E-state index is 0.0441. The molecule has 0 radical (unpaired) electrons. The predicted octanol–water partition coefficient (Wildman–Crippen LogP) is 3.72. The van der Waals surface area contributed by atoms with E-state index in [0.717, 1.165) is 16.9 Å². The normalized spacial score (nSPS) is 27.0. The van der Waals surface area contributed by atoms with Crippen molar-refractivity contribution in [1.82, 2.24) is 10.2 Å². The number of urea groups is 1. The van der Waals surface area contributed by atoms with Gasteiger partial charge in [-0.3, -0.25) is 14.5 Å². The number of hydrogen-bond donors (Lipinski definition) is 2. The van der Waals surface area contributed by atoms with Crippen LogP contribution >= 0.6 is 11.6 Å². The van der Waals surface area contributed by atoms with Gasteiger partial charge in [-0.05, 0) is 55.2 Å². The zero-order valence-corrected chi connectivity index (χ0v) is 16.9. The van der Waals surface area contributed by atoms with E-state index in [2.05, 4.69) is 31.4 Å². The van der Waals surface area contributed by atoms with E-state index in [4.69, 9.17) is 11.6 Å². The summed E-state index contributed by atoms with van der Waals surface area (Å²) in [5.74, 6) is -0.413. The number of imide groups is 1. The highest BCUT2D eigenvalue weighted by atomic mass is 35.5. The average molecular weight is 392 g/mol. The number of carbonyl (C=O) groups is 3. The molecular formula is C20H26ClN3O3. The number of nitrogens with one attached hydrogen (secondary N) is 2. The Kier molecular flexibility index (Phi) is 4.97. The van der Waals surface area contributed by atoms with Crippen LogP contribution in [-0.4, -0.2) is 34.8 Å². The number of amides is 4. The Morgan fingerprint density at radius 1 is 1.33 bits per heavy atom. The minimum Gasteiger partial charge on any atom is -0.324 e. The molecule has 1 saturated heterocycles. The van der Waals surface area contributed by atoms with Gasteiger partial charge in [-0.15, -0.1) is 0 Å². The van der Waals surface area contributed by atoms with Gasteiger partial charge in [-0.2, -0.15) is 0 Å². The molecule has 2 fully saturated rings. The van der Waals surface area contributed by atoms with Gasteiger partial charge in [0.1, 0.15) is 12.1 Å². The van der Waals surface area contributed by atoms with E-state index in [1.165, 1.54) is 0 Å². The van der Waals surface area contributed by atoms with Gasteiger partial charge in [0.15, 0.2) is 0 Å². The zero-order chi connectivity index (χ0) is 20.0. The Balaban J connectivity index is 1.72. The van der Waals surface area contributed by atoms with E-state index in [1.54, 1.807) is 18.2 Å². The molecule has 1 heterocycles. The number of aryl methyl sites for hydroxylation is 1. The van der Waals surface area contributed by atoms with E-state index in [9.17, 15) is 14.4 Å². The molecule has 4 amide bonds. The average Bonchev–Trinajstić information content (AvgIpc) is 2.72. The van der Waals surface area contributed by atoms with Gasteiger partial charge in [0.2, 0.25) is 5.91 Å². The van der Waals surface area contributed by atoms with Crippen LogP contribution in [0.3, 0.4) is 0 Å². The fraction of sp³-hybridized carbons (Fsp3) is 0.550. The first kappa shape index (κ1) is 19.7. The lowest BCUT2D eigenvalue weighted by atomic mass is 9.64. The van der Waals surface area contributed by atoms with Crippen LogP contribution < -0.4 is 10.6 Å². The van der Waals surface area contributed by atoms with Crippen LogP contribution in [0.4, 0.5) is 10.5 Å². The van der Waals surface area contributed by atoms with E-state index in [1.807, 2.05) is 6.92 Å². The molecule has 1 aliphatic carbocycles. The van der Waals surface area contributed by atoms with Crippen molar-refractivity contribution in [3.8, 4) is 0 Å². The highest BCUT2D eigenvalue weighted by Crippen LogP contribution is 2.46. The standard InChI is InChI=1S/C20H26ClN3O3/c1-12-8-19(3,4)11-20(9-12)17(26)24(18(27)23-20)10-16(25)22-14-6-5-13(2)15(21)7-14/h5-7,12H,8-11H2,1-4H3,(H,22,25)(H,23,27). The topological polar surface area (TPSA) is 78.5 Å². The van der Waals surface area contributed by atoms with Crippen molar-refractivity contribution >= 4 is 35.1 Å². The van der Waals surface area contributed by atoms with E-state index in [0.29, 0.717) is 29.5 Å². The van der Waals surface area contributed by atoms with Crippen molar-refractivity contribution in [2.24, 2.45) is 11.3 Å². The Bertz CT molecular complexity index is 808. The molecule has 6 nitrogen and oxygen atoms in total. The molecule has 7 heteroatoms. The van der Waals surface area contributed by atoms with Crippen molar-refractivity contribution in [2.45, 2.75) is 52.5 Å². The van der Waals surface area contributed by atoms with Crippen LogP contribution in [0.15, 0.2) is 18.2 Å². The van der Waals surface area contributed by atoms with Gasteiger partial charge < -0.3 is 10.6 Å². The van der Waals surface area contributed by atoms with Crippen LogP contribution in [0.25, 0.3) is 0 Å². The van der Waals surface area contributed by atoms with Crippen LogP contribution in [0.1, 0.15) is 45.6 Å². The molecule has 146 valence electrons. The molecule has 27 heavy (non-hydrogen) atoms. The molecule has 0 aromatic heterocycles. The number of halogens is 1. The number of anilines is 1. The maximum absolute atomic E-state index is 13.1. The number of benzene rings is 1. The van der Waals surface area contributed by atoms with Crippen LogP contribution in [-0.2, 0) is 9.59 Å². The molecule has 2 N–H and O–H groups in total. The molecular weight excluding hydrogens is 366 g/mol. The first-order valence-corrected chi connectivity index (χ1v) is 9.59. The number of rotatable bonds is 3. The smallest absolute Gasteiger partial charge is 0.324 e. The quantitative estimate of drug-likeness (QED) is 0.770. The Morgan fingerprint density at radius 2 is 2.04 bits per heavy atom. The van der Waals surface area contributed by atoms with E-state index in [-0.39, 0.29) is 17.9 Å². The third-order valence-electron chi connectivity index (χ3n) is 5.38. The van der Waals surface area contributed by atoms with Gasteiger partial charge in [0, 0.05) is 10.7 Å². The summed E-state index contributed by atoms with van der Waals surface area (Å²) in [5.41, 5.74) is 0.493. The van der Waals surface area contributed by atoms with Crippen LogP contribution in [0.2, 0.25) is 5.02 Å². The predicted molar refractivity (Wildman–Crippen MR) is 105 cm³/mol. The lowest BCUT2D eigenvalue weighted by molar-refractivity contribution is -0.136. The molecule has 2 aliphatic rings. The number of hydrogen-bond acceptors (Lipinski definition) is 3. The van der Waals surface area contributed by atoms with Crippen molar-refractivity contribution in [2.75, 3.05) is 11.9 Å². The van der Waals surface area contributed by atoms with Crippen molar-refractivity contribution in [3.05, 3.63) is 28.8 Å². The summed E-state index contributed by atoms with van der Waals surface area (Å²) < 4.78 is 0. The SMILES string of the molecule is Cc1ccc(NC(=O)CN2C(=O)NC3(CC(C)CC(C)(C)C3)C2=O)cc1Cl. The molecule has 0 bridgehead atoms. The third-order valence-corrected chi connectivity index (χ3v) is 5.79. The second kappa shape index (κ2) is 6.82. The Labute approximate surface area is 164 Å². The molecule has 3 rings (SSSR count). The second-order valence-corrected chi connectivity index (χ2v) is 9.18. The molecule has 2 atom stereocenters. The summed E-state index contributed by atoms with van der Waals surface area (Å²) in [6, 6.07) is 4.68. The minimum atomic E-state index is -0.897. The number of carbonyl (C=O) groups excluding carboxylic acids is 3. The largest absolute Gasteiger partial charge is 0.325 e. The maximum atomic E-state index is 13.1. The lowest BCUT2D eigenvalue weighted by Gasteiger charge is -2.43. The highest BCUT2D eigenvalue weighted by molar-refractivity contribution is 6.31. The lowest BCUT2D eigenvalue weighted by Crippen LogP contribution is -2.54. The van der Waals surface area contributed by atoms with E-state index < -0.39 is 17.5 Å². The van der Waals surface area contributed by atoms with Gasteiger partial charge in [0.05, 0.1) is 0 Å². The summed E-state index contributed by atoms with van der Waals surface area (Å²) in [7, 11) is 0. The highest BCUT2D eigenvalue weighted by Gasteiger charge is 2.56. The first-order valence-electron chi connectivity index (χ1n) is 9.21. The van der Waals surface area contributed by atoms with Gasteiger partial charge >= 0.3 is 6.03 Å².